The number of carbonyl (C=O) groups is 2. The summed E-state index contributed by atoms with van der Waals surface area (Å²) in [6, 6.07) is 17.3. The minimum absolute atomic E-state index is 0.0577. The van der Waals surface area contributed by atoms with Gasteiger partial charge >= 0.3 is 6.09 Å². The highest BCUT2D eigenvalue weighted by Gasteiger charge is 2.43. The number of hydrogen-bond acceptors (Lipinski definition) is 5. The maximum Gasteiger partial charge on any atom is 0.412 e. The zero-order chi connectivity index (χ0) is 26.6. The first-order valence-corrected chi connectivity index (χ1v) is 12.6. The molecule has 2 aliphatic rings. The Labute approximate surface area is 219 Å². The van der Waals surface area contributed by atoms with Gasteiger partial charge in [0, 0.05) is 24.3 Å². The molecule has 2 unspecified atom stereocenters. The third-order valence-electron chi connectivity index (χ3n) is 6.75. The standard InChI is InChI=1S/C30H36N2O5/c1-29(2,3)37-28(34)31-23-12-9-13-24(17-23)32-19-22(16-27(32)33)30(4)15-14-25(35-5)26(18-30)36-20-21-10-7-6-8-11-21/h6-14,17-18,22H,15-16,19-20H2,1-5H3,(H,31,34). The van der Waals surface area contributed by atoms with E-state index in [1.807, 2.05) is 63.2 Å². The van der Waals surface area contributed by atoms with E-state index >= 15 is 0 Å². The van der Waals surface area contributed by atoms with Crippen molar-refractivity contribution in [2.45, 2.75) is 52.7 Å². The van der Waals surface area contributed by atoms with Crippen LogP contribution in [0.5, 0.6) is 0 Å². The Morgan fingerprint density at radius 3 is 2.57 bits per heavy atom. The predicted octanol–water partition coefficient (Wildman–Crippen LogP) is 6.43. The number of ether oxygens (including phenoxy) is 3. The molecule has 0 bridgehead atoms. The van der Waals surface area contributed by atoms with Gasteiger partial charge in [0.1, 0.15) is 12.2 Å². The number of nitrogens with zero attached hydrogens (tertiary/aromatic N) is 1. The van der Waals surface area contributed by atoms with Crippen molar-refractivity contribution in [3.8, 4) is 0 Å². The van der Waals surface area contributed by atoms with Gasteiger partial charge in [-0.15, -0.1) is 0 Å². The molecule has 4 rings (SSSR count). The van der Waals surface area contributed by atoms with E-state index in [2.05, 4.69) is 24.4 Å². The summed E-state index contributed by atoms with van der Waals surface area (Å²) < 4.78 is 17.1. The number of rotatable bonds is 7. The number of benzene rings is 2. The van der Waals surface area contributed by atoms with E-state index in [1.54, 1.807) is 24.1 Å². The molecule has 196 valence electrons. The molecule has 7 heteroatoms. The molecule has 7 nitrogen and oxygen atoms in total. The average Bonchev–Trinajstić information content (AvgIpc) is 3.25. The smallest absolute Gasteiger partial charge is 0.412 e. The molecule has 2 amide bonds. The van der Waals surface area contributed by atoms with E-state index in [0.717, 1.165) is 23.4 Å². The molecule has 1 aliphatic carbocycles. The van der Waals surface area contributed by atoms with Gasteiger partial charge in [0.2, 0.25) is 5.91 Å². The lowest BCUT2D eigenvalue weighted by Gasteiger charge is -2.35. The van der Waals surface area contributed by atoms with Crippen molar-refractivity contribution >= 4 is 23.4 Å². The van der Waals surface area contributed by atoms with Gasteiger partial charge in [0.25, 0.3) is 0 Å². The van der Waals surface area contributed by atoms with Crippen molar-refractivity contribution in [1.82, 2.24) is 0 Å². The van der Waals surface area contributed by atoms with Crippen molar-refractivity contribution in [2.24, 2.45) is 11.3 Å². The van der Waals surface area contributed by atoms with Crippen LogP contribution in [0.2, 0.25) is 0 Å². The van der Waals surface area contributed by atoms with Crippen molar-refractivity contribution in [2.75, 3.05) is 23.9 Å². The van der Waals surface area contributed by atoms with E-state index in [9.17, 15) is 9.59 Å². The maximum atomic E-state index is 13.1. The lowest BCUT2D eigenvalue weighted by molar-refractivity contribution is -0.117. The molecule has 2 atom stereocenters. The van der Waals surface area contributed by atoms with Crippen LogP contribution in [0.25, 0.3) is 0 Å². The van der Waals surface area contributed by atoms with Crippen LogP contribution in [0.1, 0.15) is 46.1 Å². The summed E-state index contributed by atoms with van der Waals surface area (Å²) in [7, 11) is 1.65. The Morgan fingerprint density at radius 2 is 1.86 bits per heavy atom. The first-order valence-electron chi connectivity index (χ1n) is 12.6. The van der Waals surface area contributed by atoms with Crippen LogP contribution >= 0.6 is 0 Å². The average molecular weight is 505 g/mol. The summed E-state index contributed by atoms with van der Waals surface area (Å²) in [5.41, 5.74) is 1.54. The fourth-order valence-corrected chi connectivity index (χ4v) is 4.73. The molecular formula is C30H36N2O5. The highest BCUT2D eigenvalue weighted by atomic mass is 16.6. The summed E-state index contributed by atoms with van der Waals surface area (Å²) in [5, 5.41) is 2.76. The Hall–Kier alpha value is -3.74. The first kappa shape index (κ1) is 26.3. The fraction of sp³-hybridized carbons (Fsp3) is 0.400. The van der Waals surface area contributed by atoms with Crippen molar-refractivity contribution < 1.29 is 23.8 Å². The Morgan fingerprint density at radius 1 is 1.11 bits per heavy atom. The lowest BCUT2D eigenvalue weighted by Crippen LogP contribution is -2.31. The molecule has 0 radical (unpaired) electrons. The van der Waals surface area contributed by atoms with Gasteiger partial charge in [-0.05, 0) is 74.4 Å². The Bertz CT molecular complexity index is 1200. The summed E-state index contributed by atoms with van der Waals surface area (Å²) in [4.78, 5) is 27.1. The van der Waals surface area contributed by atoms with E-state index in [0.29, 0.717) is 31.0 Å². The normalized spacial score (nSPS) is 21.7. The molecule has 2 aromatic carbocycles. The third kappa shape index (κ3) is 6.53. The fourth-order valence-electron chi connectivity index (χ4n) is 4.73. The highest BCUT2D eigenvalue weighted by Crippen LogP contribution is 2.45. The molecule has 1 N–H and O–H groups in total. The van der Waals surface area contributed by atoms with Crippen molar-refractivity contribution in [1.29, 1.82) is 0 Å². The number of carbonyl (C=O) groups excluding carboxylic acids is 2. The molecule has 0 saturated carbocycles. The quantitative estimate of drug-likeness (QED) is 0.470. The van der Waals surface area contributed by atoms with Gasteiger partial charge in [-0.25, -0.2) is 4.79 Å². The van der Waals surface area contributed by atoms with E-state index in [-0.39, 0.29) is 17.2 Å². The predicted molar refractivity (Wildman–Crippen MR) is 144 cm³/mol. The number of allylic oxidation sites excluding steroid dienone is 2. The van der Waals surface area contributed by atoms with Crippen LogP contribution in [0, 0.1) is 11.3 Å². The van der Waals surface area contributed by atoms with Gasteiger partial charge < -0.3 is 19.1 Å². The minimum Gasteiger partial charge on any atom is -0.493 e. The molecule has 1 fully saturated rings. The molecular weight excluding hydrogens is 468 g/mol. The molecule has 37 heavy (non-hydrogen) atoms. The van der Waals surface area contributed by atoms with Crippen LogP contribution in [0.3, 0.4) is 0 Å². The summed E-state index contributed by atoms with van der Waals surface area (Å²) in [6.07, 6.45) is 4.83. The lowest BCUT2D eigenvalue weighted by atomic mass is 9.71. The molecule has 1 heterocycles. The van der Waals surface area contributed by atoms with E-state index in [4.69, 9.17) is 14.2 Å². The van der Waals surface area contributed by atoms with Gasteiger partial charge in [-0.1, -0.05) is 43.3 Å². The monoisotopic (exact) mass is 504 g/mol. The van der Waals surface area contributed by atoms with Gasteiger partial charge in [-0.3, -0.25) is 10.1 Å². The Balaban J connectivity index is 1.47. The number of nitrogens with one attached hydrogen (secondary N) is 1. The van der Waals surface area contributed by atoms with Gasteiger partial charge in [0.15, 0.2) is 11.5 Å². The summed E-state index contributed by atoms with van der Waals surface area (Å²) in [5.74, 6) is 1.57. The number of methoxy groups -OCH3 is 1. The molecule has 0 aromatic heterocycles. The van der Waals surface area contributed by atoms with Crippen molar-refractivity contribution in [3.05, 3.63) is 83.8 Å². The second-order valence-electron chi connectivity index (χ2n) is 10.8. The van der Waals surface area contributed by atoms with E-state index in [1.165, 1.54) is 0 Å². The number of anilines is 2. The zero-order valence-electron chi connectivity index (χ0n) is 22.2. The SMILES string of the molecule is COC1=CCC(C)(C2CC(=O)N(c3cccc(NC(=O)OC(C)(C)C)c3)C2)C=C1OCc1ccccc1. The van der Waals surface area contributed by atoms with Crippen LogP contribution in [-0.2, 0) is 25.6 Å². The first-order chi connectivity index (χ1) is 17.6. The van der Waals surface area contributed by atoms with Gasteiger partial charge in [0.05, 0.1) is 7.11 Å². The molecule has 1 aliphatic heterocycles. The number of hydrogen-bond donors (Lipinski definition) is 1. The number of amides is 2. The van der Waals surface area contributed by atoms with Crippen LogP contribution in [0.15, 0.2) is 78.3 Å². The second kappa shape index (κ2) is 10.7. The highest BCUT2D eigenvalue weighted by molar-refractivity contribution is 5.97. The largest absolute Gasteiger partial charge is 0.493 e. The second-order valence-corrected chi connectivity index (χ2v) is 10.8. The Kier molecular flexibility index (Phi) is 7.62. The van der Waals surface area contributed by atoms with Crippen molar-refractivity contribution in [3.63, 3.8) is 0 Å². The summed E-state index contributed by atoms with van der Waals surface area (Å²) >= 11 is 0. The third-order valence-corrected chi connectivity index (χ3v) is 6.75. The zero-order valence-corrected chi connectivity index (χ0v) is 22.2. The van der Waals surface area contributed by atoms with E-state index < -0.39 is 11.7 Å². The summed E-state index contributed by atoms with van der Waals surface area (Å²) in [6.45, 7) is 8.63. The minimum atomic E-state index is -0.594. The van der Waals surface area contributed by atoms with Crippen LogP contribution in [-0.4, -0.2) is 31.3 Å². The topological polar surface area (TPSA) is 77.1 Å². The molecule has 0 spiro atoms. The molecule has 2 aromatic rings. The molecule has 1 saturated heterocycles. The maximum absolute atomic E-state index is 13.1. The van der Waals surface area contributed by atoms with Crippen LogP contribution in [0.4, 0.5) is 16.2 Å². The van der Waals surface area contributed by atoms with Crippen LogP contribution < -0.4 is 10.2 Å². The van der Waals surface area contributed by atoms with Gasteiger partial charge in [-0.2, -0.15) is 0 Å².